The molecule has 8 nitrogen and oxygen atoms in total. The predicted octanol–water partition coefficient (Wildman–Crippen LogP) is 3.22. The molecule has 1 N–H and O–H groups in total. The number of nitrogens with one attached hydrogen (secondary N) is 1. The Morgan fingerprint density at radius 1 is 1.41 bits per heavy atom. The summed E-state index contributed by atoms with van der Waals surface area (Å²) in [5, 5.41) is 16.1. The monoisotopic (exact) mass is 390 g/mol. The average Bonchev–Trinajstić information content (AvgIpc) is 3.00. The van der Waals surface area contributed by atoms with Crippen molar-refractivity contribution in [1.29, 1.82) is 0 Å². The van der Waals surface area contributed by atoms with Crippen LogP contribution in [0.2, 0.25) is 0 Å². The second kappa shape index (κ2) is 8.12. The molecule has 9 heteroatoms. The van der Waals surface area contributed by atoms with Gasteiger partial charge in [0.05, 0.1) is 22.8 Å². The highest BCUT2D eigenvalue weighted by Gasteiger charge is 2.23. The molecular weight excluding hydrogens is 368 g/mol. The summed E-state index contributed by atoms with van der Waals surface area (Å²) in [6.45, 7) is 8.14. The van der Waals surface area contributed by atoms with Crippen molar-refractivity contribution in [2.75, 3.05) is 18.4 Å². The second-order valence-corrected chi connectivity index (χ2v) is 7.67. The molecule has 2 atom stereocenters. The number of hydrogen-bond donors (Lipinski definition) is 1. The molecule has 0 bridgehead atoms. The summed E-state index contributed by atoms with van der Waals surface area (Å²) < 4.78 is 5.74. The number of thiazole rings is 1. The zero-order valence-electron chi connectivity index (χ0n) is 15.5. The summed E-state index contributed by atoms with van der Waals surface area (Å²) in [5.41, 5.74) is 1.71. The number of amides is 1. The lowest BCUT2D eigenvalue weighted by atomic mass is 10.1. The Kier molecular flexibility index (Phi) is 5.83. The minimum Gasteiger partial charge on any atom is -0.373 e. The Morgan fingerprint density at radius 2 is 2.11 bits per heavy atom. The van der Waals surface area contributed by atoms with Gasteiger partial charge in [0.15, 0.2) is 5.13 Å². The van der Waals surface area contributed by atoms with Crippen molar-refractivity contribution in [1.82, 2.24) is 9.88 Å². The fraction of sp³-hybridized carbons (Fsp3) is 0.444. The quantitative estimate of drug-likeness (QED) is 0.622. The van der Waals surface area contributed by atoms with Gasteiger partial charge in [-0.3, -0.25) is 25.1 Å². The highest BCUT2D eigenvalue weighted by molar-refractivity contribution is 7.13. The molecule has 1 aromatic heterocycles. The normalized spacial score (nSPS) is 20.4. The first-order chi connectivity index (χ1) is 12.8. The molecule has 0 spiro atoms. The predicted molar refractivity (Wildman–Crippen MR) is 103 cm³/mol. The molecule has 0 saturated carbocycles. The van der Waals surface area contributed by atoms with Gasteiger partial charge >= 0.3 is 0 Å². The summed E-state index contributed by atoms with van der Waals surface area (Å²) >= 11 is 1.37. The van der Waals surface area contributed by atoms with E-state index in [0.717, 1.165) is 18.8 Å². The van der Waals surface area contributed by atoms with E-state index in [1.165, 1.54) is 29.5 Å². The lowest BCUT2D eigenvalue weighted by Gasteiger charge is -2.34. The van der Waals surface area contributed by atoms with Crippen LogP contribution in [-0.2, 0) is 11.3 Å². The lowest BCUT2D eigenvalue weighted by molar-refractivity contribution is -0.385. The van der Waals surface area contributed by atoms with E-state index in [0.29, 0.717) is 22.8 Å². The molecule has 1 aliphatic heterocycles. The Morgan fingerprint density at radius 3 is 2.74 bits per heavy atom. The second-order valence-electron chi connectivity index (χ2n) is 6.81. The number of carbonyl (C=O) groups excluding carboxylic acids is 1. The number of anilines is 1. The van der Waals surface area contributed by atoms with Gasteiger partial charge in [-0.1, -0.05) is 0 Å². The zero-order valence-corrected chi connectivity index (χ0v) is 16.3. The van der Waals surface area contributed by atoms with Gasteiger partial charge < -0.3 is 4.74 Å². The number of nitro groups is 1. The molecule has 144 valence electrons. The topological polar surface area (TPSA) is 97.6 Å². The van der Waals surface area contributed by atoms with Crippen LogP contribution in [0.4, 0.5) is 10.8 Å². The SMILES string of the molecule is Cc1cc(C(=O)Nc2nc(CN3C[C@@H](C)O[C@@H](C)C3)cs2)ccc1[N+](=O)[O-]. The third kappa shape index (κ3) is 4.88. The van der Waals surface area contributed by atoms with Crippen molar-refractivity contribution in [3.8, 4) is 0 Å². The molecule has 1 saturated heterocycles. The van der Waals surface area contributed by atoms with Gasteiger partial charge in [0.1, 0.15) is 0 Å². The van der Waals surface area contributed by atoms with Gasteiger partial charge in [-0.05, 0) is 32.9 Å². The molecule has 1 aliphatic rings. The standard InChI is InChI=1S/C18H22N4O4S/c1-11-6-14(4-5-16(11)22(24)25)17(23)20-18-19-15(10-27-18)9-21-7-12(2)26-13(3)8-21/h4-6,10,12-13H,7-9H2,1-3H3,(H,19,20,23)/t12-,13+. The lowest BCUT2D eigenvalue weighted by Crippen LogP contribution is -2.44. The molecule has 3 rings (SSSR count). The molecule has 1 amide bonds. The number of aromatic nitrogens is 1. The Bertz CT molecular complexity index is 844. The minimum atomic E-state index is -0.461. The van der Waals surface area contributed by atoms with E-state index in [1.807, 2.05) is 5.38 Å². The van der Waals surface area contributed by atoms with E-state index >= 15 is 0 Å². The number of carbonyl (C=O) groups is 1. The summed E-state index contributed by atoms with van der Waals surface area (Å²) in [4.78, 5) is 29.6. The summed E-state index contributed by atoms with van der Waals surface area (Å²) in [7, 11) is 0. The molecule has 0 radical (unpaired) electrons. The van der Waals surface area contributed by atoms with Crippen LogP contribution in [0, 0.1) is 17.0 Å². The van der Waals surface area contributed by atoms with E-state index in [1.54, 1.807) is 6.92 Å². The Labute approximate surface area is 161 Å². The van der Waals surface area contributed by atoms with Crippen LogP contribution in [0.25, 0.3) is 0 Å². The van der Waals surface area contributed by atoms with Gasteiger partial charge in [-0.15, -0.1) is 11.3 Å². The molecule has 2 aromatic rings. The van der Waals surface area contributed by atoms with E-state index in [2.05, 4.69) is 29.0 Å². The summed E-state index contributed by atoms with van der Waals surface area (Å²) in [6.07, 6.45) is 0.383. The number of ether oxygens (including phenoxy) is 1. The minimum absolute atomic E-state index is 0.00273. The number of benzene rings is 1. The van der Waals surface area contributed by atoms with Crippen molar-refractivity contribution in [3.05, 3.63) is 50.5 Å². The van der Waals surface area contributed by atoms with Crippen molar-refractivity contribution in [2.24, 2.45) is 0 Å². The number of hydrogen-bond acceptors (Lipinski definition) is 7. The van der Waals surface area contributed by atoms with Crippen LogP contribution in [0.15, 0.2) is 23.6 Å². The maximum absolute atomic E-state index is 12.4. The zero-order chi connectivity index (χ0) is 19.6. The van der Waals surface area contributed by atoms with Crippen LogP contribution in [0.3, 0.4) is 0 Å². The fourth-order valence-electron chi connectivity index (χ4n) is 3.25. The summed E-state index contributed by atoms with van der Waals surface area (Å²) in [6, 6.07) is 4.31. The number of nitrogens with zero attached hydrogens (tertiary/aromatic N) is 3. The molecule has 2 heterocycles. The first-order valence-corrected chi connectivity index (χ1v) is 9.58. The number of nitro benzene ring substituents is 1. The number of rotatable bonds is 5. The fourth-order valence-corrected chi connectivity index (χ4v) is 3.95. The van der Waals surface area contributed by atoms with E-state index in [4.69, 9.17) is 4.74 Å². The van der Waals surface area contributed by atoms with Crippen molar-refractivity contribution in [3.63, 3.8) is 0 Å². The first kappa shape index (κ1) is 19.4. The first-order valence-electron chi connectivity index (χ1n) is 8.70. The Hall–Kier alpha value is -2.36. The van der Waals surface area contributed by atoms with Gasteiger partial charge in [-0.2, -0.15) is 0 Å². The Balaban J connectivity index is 1.62. The van der Waals surface area contributed by atoms with Gasteiger partial charge in [-0.25, -0.2) is 4.98 Å². The van der Waals surface area contributed by atoms with E-state index < -0.39 is 4.92 Å². The van der Waals surface area contributed by atoms with Crippen LogP contribution in [0.5, 0.6) is 0 Å². The van der Waals surface area contributed by atoms with E-state index in [-0.39, 0.29) is 23.8 Å². The third-order valence-corrected chi connectivity index (χ3v) is 5.12. The third-order valence-electron chi connectivity index (χ3n) is 4.31. The molecule has 0 aliphatic carbocycles. The number of aryl methyl sites for hydroxylation is 1. The average molecular weight is 390 g/mol. The van der Waals surface area contributed by atoms with Crippen LogP contribution >= 0.6 is 11.3 Å². The van der Waals surface area contributed by atoms with Crippen LogP contribution in [0.1, 0.15) is 35.5 Å². The highest BCUT2D eigenvalue weighted by atomic mass is 32.1. The van der Waals surface area contributed by atoms with Crippen LogP contribution < -0.4 is 5.32 Å². The van der Waals surface area contributed by atoms with Crippen molar-refractivity contribution < 1.29 is 14.5 Å². The van der Waals surface area contributed by atoms with Gasteiger partial charge in [0.2, 0.25) is 0 Å². The largest absolute Gasteiger partial charge is 0.373 e. The molecule has 1 fully saturated rings. The van der Waals surface area contributed by atoms with E-state index in [9.17, 15) is 14.9 Å². The molecule has 1 aromatic carbocycles. The maximum Gasteiger partial charge on any atom is 0.272 e. The van der Waals surface area contributed by atoms with Gasteiger partial charge in [0.25, 0.3) is 11.6 Å². The summed E-state index contributed by atoms with van der Waals surface area (Å²) in [5.74, 6) is -0.331. The van der Waals surface area contributed by atoms with Crippen molar-refractivity contribution in [2.45, 2.75) is 39.5 Å². The van der Waals surface area contributed by atoms with Crippen LogP contribution in [-0.4, -0.2) is 46.0 Å². The molecular formula is C18H22N4O4S. The van der Waals surface area contributed by atoms with Crippen molar-refractivity contribution >= 4 is 28.1 Å². The maximum atomic E-state index is 12.4. The smallest absolute Gasteiger partial charge is 0.272 e. The highest BCUT2D eigenvalue weighted by Crippen LogP contribution is 2.22. The molecule has 0 unspecified atom stereocenters. The van der Waals surface area contributed by atoms with Gasteiger partial charge in [0, 0.05) is 42.2 Å². The number of morpholine rings is 1. The molecule has 27 heavy (non-hydrogen) atoms.